The molecule has 4 nitrogen and oxygen atoms in total. The van der Waals surface area contributed by atoms with Crippen molar-refractivity contribution in [2.75, 3.05) is 6.54 Å². The average Bonchev–Trinajstić information content (AvgIpc) is 2.63. The highest BCUT2D eigenvalue weighted by Crippen LogP contribution is 2.28. The first-order valence-electron chi connectivity index (χ1n) is 8.28. The molecule has 0 saturated heterocycles. The second kappa shape index (κ2) is 6.85. The number of aliphatic hydroxyl groups excluding tert-OH is 1. The third-order valence-corrected chi connectivity index (χ3v) is 4.12. The van der Waals surface area contributed by atoms with Gasteiger partial charge in [0.05, 0.1) is 11.3 Å². The van der Waals surface area contributed by atoms with Gasteiger partial charge in [0.25, 0.3) is 0 Å². The van der Waals surface area contributed by atoms with Crippen molar-refractivity contribution in [3.8, 4) is 0 Å². The van der Waals surface area contributed by atoms with E-state index in [0.717, 1.165) is 12.0 Å². The number of fused-ring (bicyclic) bond motifs is 1. The highest BCUT2D eigenvalue weighted by molar-refractivity contribution is 6.40. The number of aliphatic hydroxyl groups is 1. The second-order valence-corrected chi connectivity index (χ2v) is 6.03. The van der Waals surface area contributed by atoms with Crippen LogP contribution in [0.15, 0.2) is 64.9 Å². The van der Waals surface area contributed by atoms with Crippen molar-refractivity contribution < 1.29 is 14.7 Å². The van der Waals surface area contributed by atoms with Gasteiger partial charge in [-0.25, -0.2) is 0 Å². The topological polar surface area (TPSA) is 66.7 Å². The number of carbonyl (C=O) groups is 2. The van der Waals surface area contributed by atoms with Crippen molar-refractivity contribution >= 4 is 17.3 Å². The van der Waals surface area contributed by atoms with E-state index >= 15 is 0 Å². The van der Waals surface area contributed by atoms with E-state index in [1.807, 2.05) is 44.2 Å². The van der Waals surface area contributed by atoms with Crippen LogP contribution in [0.5, 0.6) is 0 Å². The van der Waals surface area contributed by atoms with Crippen molar-refractivity contribution in [2.45, 2.75) is 20.3 Å². The molecule has 0 amide bonds. The van der Waals surface area contributed by atoms with E-state index in [2.05, 4.69) is 4.99 Å². The lowest BCUT2D eigenvalue weighted by Gasteiger charge is -2.19. The van der Waals surface area contributed by atoms with E-state index < -0.39 is 11.5 Å². The van der Waals surface area contributed by atoms with Crippen molar-refractivity contribution in [1.82, 2.24) is 0 Å². The Kier molecular flexibility index (Phi) is 4.61. The minimum Gasteiger partial charge on any atom is -0.504 e. The first-order chi connectivity index (χ1) is 12.0. The lowest BCUT2D eigenvalue weighted by atomic mass is 9.83. The summed E-state index contributed by atoms with van der Waals surface area (Å²) in [5, 5.41) is 10.5. The number of rotatable bonds is 4. The van der Waals surface area contributed by atoms with E-state index in [-0.39, 0.29) is 16.9 Å². The Morgan fingerprint density at radius 3 is 2.40 bits per heavy atom. The quantitative estimate of drug-likeness (QED) is 0.857. The summed E-state index contributed by atoms with van der Waals surface area (Å²) in [6.07, 6.45) is 0.794. The van der Waals surface area contributed by atoms with Crippen LogP contribution >= 0.6 is 0 Å². The molecule has 1 N–H and O–H groups in total. The molecule has 4 heteroatoms. The number of Topliss-reactive ketones (excluding diaryl/α,β-unsaturated/α-hetero) is 2. The van der Waals surface area contributed by atoms with Crippen molar-refractivity contribution in [3.05, 3.63) is 82.1 Å². The second-order valence-electron chi connectivity index (χ2n) is 6.03. The van der Waals surface area contributed by atoms with Gasteiger partial charge in [0.15, 0.2) is 11.5 Å². The standard InChI is InChI=1S/C21H19NO3/c1-3-11-22-18(14-7-5-4-6-8-14)17-19(23)15-10-9-13(2)12-16(15)20(24)21(17)25/h4-10,12,25H,3,11H2,1-2H3/b22-18-. The molecule has 0 atom stereocenters. The normalized spacial score (nSPS) is 14.7. The van der Waals surface area contributed by atoms with Crippen LogP contribution in [0.2, 0.25) is 0 Å². The fourth-order valence-corrected chi connectivity index (χ4v) is 2.88. The Morgan fingerprint density at radius 1 is 1.00 bits per heavy atom. The number of carbonyl (C=O) groups excluding carboxylic acids is 2. The Labute approximate surface area is 146 Å². The number of hydrogen-bond donors (Lipinski definition) is 1. The van der Waals surface area contributed by atoms with Crippen LogP contribution in [-0.4, -0.2) is 28.9 Å². The fourth-order valence-electron chi connectivity index (χ4n) is 2.88. The Bertz CT molecular complexity index is 908. The third-order valence-electron chi connectivity index (χ3n) is 4.12. The predicted octanol–water partition coefficient (Wildman–Crippen LogP) is 4.09. The molecule has 126 valence electrons. The van der Waals surface area contributed by atoms with Crippen LogP contribution in [-0.2, 0) is 0 Å². The molecule has 1 aliphatic carbocycles. The van der Waals surface area contributed by atoms with E-state index in [1.165, 1.54) is 0 Å². The molecule has 0 bridgehead atoms. The molecule has 0 fully saturated rings. The van der Waals surface area contributed by atoms with Gasteiger partial charge >= 0.3 is 0 Å². The minimum atomic E-state index is -0.534. The highest BCUT2D eigenvalue weighted by atomic mass is 16.3. The lowest BCUT2D eigenvalue weighted by molar-refractivity contribution is 0.0934. The lowest BCUT2D eigenvalue weighted by Crippen LogP contribution is -2.27. The average molecular weight is 333 g/mol. The third kappa shape index (κ3) is 3.03. The molecule has 1 aliphatic rings. The van der Waals surface area contributed by atoms with Crippen LogP contribution < -0.4 is 0 Å². The zero-order valence-electron chi connectivity index (χ0n) is 14.2. The number of benzene rings is 2. The van der Waals surface area contributed by atoms with Crippen LogP contribution in [0.25, 0.3) is 0 Å². The number of hydrogen-bond acceptors (Lipinski definition) is 4. The molecular weight excluding hydrogens is 314 g/mol. The molecule has 0 aliphatic heterocycles. The van der Waals surface area contributed by atoms with Gasteiger partial charge in [-0.2, -0.15) is 0 Å². The Hall–Kier alpha value is -3.01. The molecule has 0 saturated carbocycles. The number of ketones is 2. The number of aryl methyl sites for hydroxylation is 1. The van der Waals surface area contributed by atoms with Crippen LogP contribution in [0.3, 0.4) is 0 Å². The summed E-state index contributed by atoms with van der Waals surface area (Å²) in [6, 6.07) is 14.2. The molecular formula is C21H19NO3. The number of nitrogens with zero attached hydrogens (tertiary/aromatic N) is 1. The molecule has 2 aromatic carbocycles. The zero-order chi connectivity index (χ0) is 18.0. The molecule has 2 aromatic rings. The summed E-state index contributed by atoms with van der Waals surface area (Å²) < 4.78 is 0. The summed E-state index contributed by atoms with van der Waals surface area (Å²) in [6.45, 7) is 4.32. The Balaban J connectivity index is 2.20. The van der Waals surface area contributed by atoms with E-state index in [0.29, 0.717) is 23.4 Å². The van der Waals surface area contributed by atoms with Crippen LogP contribution in [0, 0.1) is 6.92 Å². The number of aliphatic imine (C=N–C) groups is 1. The van der Waals surface area contributed by atoms with Gasteiger partial charge < -0.3 is 5.11 Å². The maximum absolute atomic E-state index is 13.0. The highest BCUT2D eigenvalue weighted by Gasteiger charge is 2.35. The molecule has 0 aromatic heterocycles. The van der Waals surface area contributed by atoms with E-state index in [4.69, 9.17) is 0 Å². The SMILES string of the molecule is CCC/N=C(\C1=C(O)C(=O)c2cc(C)ccc2C1=O)c1ccccc1. The first-order valence-corrected chi connectivity index (χ1v) is 8.28. The van der Waals surface area contributed by atoms with Gasteiger partial charge in [-0.05, 0) is 19.4 Å². The zero-order valence-corrected chi connectivity index (χ0v) is 14.2. The summed E-state index contributed by atoms with van der Waals surface area (Å²) in [5.41, 5.74) is 2.47. The molecule has 0 unspecified atom stereocenters. The Morgan fingerprint density at radius 2 is 1.72 bits per heavy atom. The summed E-state index contributed by atoms with van der Waals surface area (Å²) in [4.78, 5) is 30.1. The van der Waals surface area contributed by atoms with Gasteiger partial charge in [-0.1, -0.05) is 55.0 Å². The predicted molar refractivity (Wildman–Crippen MR) is 97.6 cm³/mol. The minimum absolute atomic E-state index is 0.0130. The molecule has 3 rings (SSSR count). The molecule has 0 heterocycles. The van der Waals surface area contributed by atoms with Crippen LogP contribution in [0.1, 0.15) is 45.2 Å². The maximum atomic E-state index is 13.0. The van der Waals surface area contributed by atoms with Gasteiger partial charge in [0.2, 0.25) is 5.78 Å². The largest absolute Gasteiger partial charge is 0.504 e. The summed E-state index contributed by atoms with van der Waals surface area (Å²) in [7, 11) is 0. The number of allylic oxidation sites excluding steroid dienone is 2. The maximum Gasteiger partial charge on any atom is 0.228 e. The van der Waals surface area contributed by atoms with Crippen LogP contribution in [0.4, 0.5) is 0 Å². The van der Waals surface area contributed by atoms with Gasteiger partial charge in [0, 0.05) is 23.2 Å². The van der Waals surface area contributed by atoms with E-state index in [9.17, 15) is 14.7 Å². The molecule has 25 heavy (non-hydrogen) atoms. The van der Waals surface area contributed by atoms with Crippen molar-refractivity contribution in [3.63, 3.8) is 0 Å². The van der Waals surface area contributed by atoms with Gasteiger partial charge in [-0.15, -0.1) is 0 Å². The smallest absolute Gasteiger partial charge is 0.228 e. The van der Waals surface area contributed by atoms with Crippen molar-refractivity contribution in [2.24, 2.45) is 4.99 Å². The summed E-state index contributed by atoms with van der Waals surface area (Å²) in [5.74, 6) is -1.43. The molecule has 0 spiro atoms. The van der Waals surface area contributed by atoms with E-state index in [1.54, 1.807) is 18.2 Å². The summed E-state index contributed by atoms with van der Waals surface area (Å²) >= 11 is 0. The van der Waals surface area contributed by atoms with Crippen molar-refractivity contribution in [1.29, 1.82) is 0 Å². The first kappa shape index (κ1) is 16.8. The fraction of sp³-hybridized carbons (Fsp3) is 0.190. The van der Waals surface area contributed by atoms with Gasteiger partial charge in [0.1, 0.15) is 0 Å². The monoisotopic (exact) mass is 333 g/mol. The molecule has 0 radical (unpaired) electrons. The van der Waals surface area contributed by atoms with Gasteiger partial charge in [-0.3, -0.25) is 14.6 Å².